The van der Waals surface area contributed by atoms with Gasteiger partial charge in [-0.05, 0) is 48.2 Å². The van der Waals surface area contributed by atoms with Crippen molar-refractivity contribution < 1.29 is 19.4 Å². The number of fused-ring (bicyclic) bond motifs is 1. The lowest BCUT2D eigenvalue weighted by atomic mass is 9.98. The molecule has 0 aliphatic rings. The summed E-state index contributed by atoms with van der Waals surface area (Å²) < 4.78 is 10.7. The minimum Gasteiger partial charge on any atom is -0.497 e. The lowest BCUT2D eigenvalue weighted by molar-refractivity contribution is -0.145. The molecule has 28 heavy (non-hydrogen) atoms. The number of rotatable bonds is 13. The summed E-state index contributed by atoms with van der Waals surface area (Å²) >= 11 is 0. The number of hydrogen-bond donors (Lipinski definition) is 1. The second-order valence-electron chi connectivity index (χ2n) is 7.41. The first kappa shape index (κ1) is 22.2. The van der Waals surface area contributed by atoms with Gasteiger partial charge in [-0.15, -0.1) is 0 Å². The maximum Gasteiger partial charge on any atom is 0.313 e. The van der Waals surface area contributed by atoms with Gasteiger partial charge < -0.3 is 14.6 Å². The molecular weight excluding hydrogens is 352 g/mol. The zero-order valence-corrected chi connectivity index (χ0v) is 17.3. The van der Waals surface area contributed by atoms with Gasteiger partial charge >= 0.3 is 5.97 Å². The van der Waals surface area contributed by atoms with Crippen LogP contribution in [-0.2, 0) is 9.53 Å². The van der Waals surface area contributed by atoms with Crippen LogP contribution in [0.1, 0.15) is 69.8 Å². The Morgan fingerprint density at radius 1 is 0.893 bits per heavy atom. The number of esters is 1. The number of carbonyl (C=O) groups excluding carboxylic acids is 1. The van der Waals surface area contributed by atoms with Crippen molar-refractivity contribution in [2.24, 2.45) is 0 Å². The summed E-state index contributed by atoms with van der Waals surface area (Å²) in [5.74, 6) is 0.410. The van der Waals surface area contributed by atoms with Crippen LogP contribution in [0.5, 0.6) is 5.75 Å². The zero-order chi connectivity index (χ0) is 20.2. The molecule has 0 saturated heterocycles. The third-order valence-corrected chi connectivity index (χ3v) is 5.22. The number of hydrogen-bond acceptors (Lipinski definition) is 4. The molecule has 2 aromatic carbocycles. The van der Waals surface area contributed by atoms with Crippen molar-refractivity contribution in [3.05, 3.63) is 42.0 Å². The van der Waals surface area contributed by atoms with Crippen LogP contribution in [0, 0.1) is 0 Å². The SMILES string of the molecule is COc1ccc2cc([C@H](C)C(=O)OCCCCCCCCCCO)ccc2c1. The van der Waals surface area contributed by atoms with Gasteiger partial charge in [0, 0.05) is 6.61 Å². The Labute approximate surface area is 168 Å². The number of methoxy groups -OCH3 is 1. The van der Waals surface area contributed by atoms with E-state index in [1.807, 2.05) is 37.3 Å². The molecule has 0 aromatic heterocycles. The van der Waals surface area contributed by atoms with Crippen molar-refractivity contribution in [2.45, 2.75) is 64.2 Å². The molecule has 0 heterocycles. The number of aliphatic hydroxyl groups is 1. The van der Waals surface area contributed by atoms with E-state index in [0.29, 0.717) is 13.2 Å². The van der Waals surface area contributed by atoms with Crippen molar-refractivity contribution in [1.29, 1.82) is 0 Å². The third kappa shape index (κ3) is 7.16. The first-order chi connectivity index (χ1) is 13.7. The summed E-state index contributed by atoms with van der Waals surface area (Å²) in [5, 5.41) is 10.9. The Morgan fingerprint density at radius 2 is 1.50 bits per heavy atom. The van der Waals surface area contributed by atoms with Gasteiger partial charge in [-0.25, -0.2) is 0 Å². The van der Waals surface area contributed by atoms with E-state index in [-0.39, 0.29) is 11.9 Å². The van der Waals surface area contributed by atoms with Gasteiger partial charge in [0.2, 0.25) is 0 Å². The Hall–Kier alpha value is -2.07. The first-order valence-electron chi connectivity index (χ1n) is 10.5. The largest absolute Gasteiger partial charge is 0.497 e. The fraction of sp³-hybridized carbons (Fsp3) is 0.542. The third-order valence-electron chi connectivity index (χ3n) is 5.22. The quantitative estimate of drug-likeness (QED) is 0.359. The van der Waals surface area contributed by atoms with Crippen molar-refractivity contribution in [1.82, 2.24) is 0 Å². The predicted molar refractivity (Wildman–Crippen MR) is 114 cm³/mol. The fourth-order valence-corrected chi connectivity index (χ4v) is 3.35. The molecule has 0 unspecified atom stereocenters. The minimum atomic E-state index is -0.266. The molecule has 0 saturated carbocycles. The lowest BCUT2D eigenvalue weighted by Crippen LogP contribution is -2.14. The number of unbranched alkanes of at least 4 members (excludes halogenated alkanes) is 7. The number of aliphatic hydroxyl groups excluding tert-OH is 1. The highest BCUT2D eigenvalue weighted by Gasteiger charge is 2.17. The molecule has 4 heteroatoms. The molecular formula is C24H34O4. The highest BCUT2D eigenvalue weighted by molar-refractivity contribution is 5.86. The van der Waals surface area contributed by atoms with Crippen LogP contribution in [0.3, 0.4) is 0 Å². The monoisotopic (exact) mass is 386 g/mol. The van der Waals surface area contributed by atoms with Crippen molar-refractivity contribution >= 4 is 16.7 Å². The Morgan fingerprint density at radius 3 is 2.18 bits per heavy atom. The van der Waals surface area contributed by atoms with Crippen LogP contribution in [0.2, 0.25) is 0 Å². The first-order valence-corrected chi connectivity index (χ1v) is 10.5. The summed E-state index contributed by atoms with van der Waals surface area (Å²) in [7, 11) is 1.66. The van der Waals surface area contributed by atoms with Crippen LogP contribution in [0.15, 0.2) is 36.4 Å². The summed E-state index contributed by atoms with van der Waals surface area (Å²) in [4.78, 5) is 12.4. The molecule has 0 aliphatic carbocycles. The summed E-state index contributed by atoms with van der Waals surface area (Å²) in [6.07, 6.45) is 8.88. The second kappa shape index (κ2) is 12.4. The van der Waals surface area contributed by atoms with Gasteiger partial charge in [-0.2, -0.15) is 0 Å². The van der Waals surface area contributed by atoms with Crippen LogP contribution in [0.25, 0.3) is 10.8 Å². The van der Waals surface area contributed by atoms with Crippen LogP contribution in [0.4, 0.5) is 0 Å². The van der Waals surface area contributed by atoms with Gasteiger partial charge in [0.05, 0.1) is 19.6 Å². The predicted octanol–water partition coefficient (Wildman–Crippen LogP) is 5.61. The van der Waals surface area contributed by atoms with E-state index in [4.69, 9.17) is 14.6 Å². The summed E-state index contributed by atoms with van der Waals surface area (Å²) in [6, 6.07) is 12.0. The molecule has 2 aromatic rings. The van der Waals surface area contributed by atoms with Crippen LogP contribution in [-0.4, -0.2) is 31.4 Å². The number of ether oxygens (including phenoxy) is 2. The maximum absolute atomic E-state index is 12.4. The van der Waals surface area contributed by atoms with E-state index in [2.05, 4.69) is 6.07 Å². The van der Waals surface area contributed by atoms with Crippen LogP contribution >= 0.6 is 0 Å². The lowest BCUT2D eigenvalue weighted by Gasteiger charge is -2.13. The molecule has 1 N–H and O–H groups in total. The van der Waals surface area contributed by atoms with Crippen molar-refractivity contribution in [3.8, 4) is 5.75 Å². The topological polar surface area (TPSA) is 55.8 Å². The molecule has 0 radical (unpaired) electrons. The van der Waals surface area contributed by atoms with E-state index in [1.54, 1.807) is 7.11 Å². The molecule has 0 amide bonds. The molecule has 4 nitrogen and oxygen atoms in total. The summed E-state index contributed by atoms with van der Waals surface area (Å²) in [5.41, 5.74) is 0.977. The molecule has 1 atom stereocenters. The van der Waals surface area contributed by atoms with E-state index < -0.39 is 0 Å². The standard InChI is InChI=1S/C24H34O4/c1-19(20-11-12-22-18-23(27-2)14-13-21(22)17-20)24(26)28-16-10-8-6-4-3-5-7-9-15-25/h11-14,17-19,25H,3-10,15-16H2,1-2H3/t19-/m0/s1. The van der Waals surface area contributed by atoms with Gasteiger partial charge in [0.1, 0.15) is 5.75 Å². The molecule has 0 fully saturated rings. The highest BCUT2D eigenvalue weighted by Crippen LogP contribution is 2.25. The van der Waals surface area contributed by atoms with Gasteiger partial charge in [0.25, 0.3) is 0 Å². The van der Waals surface area contributed by atoms with Crippen molar-refractivity contribution in [3.63, 3.8) is 0 Å². The molecule has 0 aliphatic heterocycles. The molecule has 0 spiro atoms. The fourth-order valence-electron chi connectivity index (χ4n) is 3.35. The van der Waals surface area contributed by atoms with Gasteiger partial charge in [-0.1, -0.05) is 62.8 Å². The Balaban J connectivity index is 1.69. The maximum atomic E-state index is 12.4. The zero-order valence-electron chi connectivity index (χ0n) is 17.3. The van der Waals surface area contributed by atoms with Crippen molar-refractivity contribution in [2.75, 3.05) is 20.3 Å². The van der Waals surface area contributed by atoms with E-state index in [0.717, 1.165) is 47.8 Å². The average Bonchev–Trinajstić information content (AvgIpc) is 2.73. The molecule has 154 valence electrons. The highest BCUT2D eigenvalue weighted by atomic mass is 16.5. The van der Waals surface area contributed by atoms with E-state index >= 15 is 0 Å². The summed E-state index contributed by atoms with van der Waals surface area (Å²) in [6.45, 7) is 2.70. The second-order valence-corrected chi connectivity index (χ2v) is 7.41. The Kier molecular flexibility index (Phi) is 9.84. The average molecular weight is 387 g/mol. The Bertz CT molecular complexity index is 726. The molecule has 2 rings (SSSR count). The van der Waals surface area contributed by atoms with E-state index in [1.165, 1.54) is 25.7 Å². The van der Waals surface area contributed by atoms with E-state index in [9.17, 15) is 4.79 Å². The molecule has 0 bridgehead atoms. The normalized spacial score (nSPS) is 12.1. The van der Waals surface area contributed by atoms with Gasteiger partial charge in [0.15, 0.2) is 0 Å². The minimum absolute atomic E-state index is 0.156. The number of benzene rings is 2. The van der Waals surface area contributed by atoms with Gasteiger partial charge in [-0.3, -0.25) is 4.79 Å². The van der Waals surface area contributed by atoms with Crippen LogP contribution < -0.4 is 4.74 Å². The number of carbonyl (C=O) groups is 1. The smallest absolute Gasteiger partial charge is 0.313 e.